The van der Waals surface area contributed by atoms with Gasteiger partial charge in [-0.05, 0) is 47.0 Å². The number of anilines is 1. The molecule has 3 aromatic carbocycles. The van der Waals surface area contributed by atoms with Crippen LogP contribution < -0.4 is 14.8 Å². The van der Waals surface area contributed by atoms with Crippen molar-refractivity contribution in [2.45, 2.75) is 5.92 Å². The Morgan fingerprint density at radius 3 is 2.52 bits per heavy atom. The molecule has 0 aliphatic carbocycles. The smallest absolute Gasteiger partial charge is 0.231 e. The molecular weight excluding hydrogens is 336 g/mol. The third kappa shape index (κ3) is 2.70. The lowest BCUT2D eigenvalue weighted by Crippen LogP contribution is -2.03. The average molecular weight is 356 g/mol. The van der Waals surface area contributed by atoms with Crippen LogP contribution in [0, 0.1) is 0 Å². The van der Waals surface area contributed by atoms with Crippen LogP contribution >= 0.6 is 0 Å². The van der Waals surface area contributed by atoms with E-state index in [2.05, 4.69) is 77.2 Å². The van der Waals surface area contributed by atoms with Gasteiger partial charge in [-0.1, -0.05) is 36.4 Å². The molecule has 4 heteroatoms. The van der Waals surface area contributed by atoms with Crippen molar-refractivity contribution in [2.24, 2.45) is 0 Å². The average Bonchev–Trinajstić information content (AvgIpc) is 3.36. The number of benzene rings is 3. The quantitative estimate of drug-likeness (QED) is 0.534. The SMILES string of the molecule is CNc1ccc(C(c2ccc3c(c2)OCO3)c2c[nH]c3ccccc23)cc1. The number of ether oxygens (including phenoxy) is 2. The highest BCUT2D eigenvalue weighted by Crippen LogP contribution is 2.41. The van der Waals surface area contributed by atoms with Gasteiger partial charge in [0.1, 0.15) is 0 Å². The van der Waals surface area contributed by atoms with Gasteiger partial charge >= 0.3 is 0 Å². The van der Waals surface area contributed by atoms with E-state index in [4.69, 9.17) is 9.47 Å². The summed E-state index contributed by atoms with van der Waals surface area (Å²) in [5, 5.41) is 4.42. The molecule has 0 fully saturated rings. The fraction of sp³-hybridized carbons (Fsp3) is 0.130. The maximum atomic E-state index is 5.63. The summed E-state index contributed by atoms with van der Waals surface area (Å²) in [6.45, 7) is 0.285. The molecule has 0 amide bonds. The van der Waals surface area contributed by atoms with E-state index >= 15 is 0 Å². The maximum absolute atomic E-state index is 5.63. The van der Waals surface area contributed by atoms with E-state index in [1.54, 1.807) is 0 Å². The highest BCUT2D eigenvalue weighted by atomic mass is 16.7. The van der Waals surface area contributed by atoms with Crippen molar-refractivity contribution in [3.05, 3.63) is 89.6 Å². The van der Waals surface area contributed by atoms with Gasteiger partial charge in [0.05, 0.1) is 0 Å². The minimum Gasteiger partial charge on any atom is -0.454 e. The first-order valence-corrected chi connectivity index (χ1v) is 9.07. The van der Waals surface area contributed by atoms with Gasteiger partial charge in [0.15, 0.2) is 11.5 Å². The number of hydrogen-bond acceptors (Lipinski definition) is 3. The van der Waals surface area contributed by atoms with E-state index in [0.717, 1.165) is 22.7 Å². The molecule has 1 aliphatic heterocycles. The Morgan fingerprint density at radius 1 is 0.889 bits per heavy atom. The highest BCUT2D eigenvalue weighted by molar-refractivity contribution is 5.85. The number of aromatic nitrogens is 1. The van der Waals surface area contributed by atoms with Crippen molar-refractivity contribution < 1.29 is 9.47 Å². The van der Waals surface area contributed by atoms with E-state index in [1.165, 1.54) is 22.1 Å². The van der Waals surface area contributed by atoms with Gasteiger partial charge in [0.25, 0.3) is 0 Å². The summed E-state index contributed by atoms with van der Waals surface area (Å²) in [5.74, 6) is 1.72. The second-order valence-corrected chi connectivity index (χ2v) is 6.71. The van der Waals surface area contributed by atoms with Crippen molar-refractivity contribution in [3.63, 3.8) is 0 Å². The Kier molecular flexibility index (Phi) is 3.75. The molecule has 134 valence electrons. The lowest BCUT2D eigenvalue weighted by Gasteiger charge is -2.19. The third-order valence-electron chi connectivity index (χ3n) is 5.19. The lowest BCUT2D eigenvalue weighted by molar-refractivity contribution is 0.174. The molecule has 1 atom stereocenters. The summed E-state index contributed by atoms with van der Waals surface area (Å²) in [5.41, 5.74) is 5.91. The van der Waals surface area contributed by atoms with Crippen molar-refractivity contribution >= 4 is 16.6 Å². The zero-order valence-electron chi connectivity index (χ0n) is 15.0. The van der Waals surface area contributed by atoms with Crippen molar-refractivity contribution in [1.29, 1.82) is 0 Å². The molecule has 1 aromatic heterocycles. The normalized spacial score (nSPS) is 13.7. The van der Waals surface area contributed by atoms with E-state index < -0.39 is 0 Å². The Labute approximate surface area is 157 Å². The Morgan fingerprint density at radius 2 is 1.67 bits per heavy atom. The lowest BCUT2D eigenvalue weighted by atomic mass is 9.84. The van der Waals surface area contributed by atoms with Gasteiger partial charge in [-0.25, -0.2) is 0 Å². The number of hydrogen-bond donors (Lipinski definition) is 2. The summed E-state index contributed by atoms with van der Waals surface area (Å²) in [6, 6.07) is 23.2. The number of para-hydroxylation sites is 1. The summed E-state index contributed by atoms with van der Waals surface area (Å²) in [6.07, 6.45) is 2.12. The van der Waals surface area contributed by atoms with Crippen LogP contribution in [-0.4, -0.2) is 18.8 Å². The maximum Gasteiger partial charge on any atom is 0.231 e. The minimum absolute atomic E-state index is 0.0987. The highest BCUT2D eigenvalue weighted by Gasteiger charge is 2.23. The van der Waals surface area contributed by atoms with E-state index in [9.17, 15) is 0 Å². The largest absolute Gasteiger partial charge is 0.454 e. The molecule has 2 heterocycles. The Bertz CT molecular complexity index is 1100. The molecule has 0 radical (unpaired) electrons. The van der Waals surface area contributed by atoms with E-state index in [1.807, 2.05) is 13.1 Å². The standard InChI is InChI=1S/C23H20N2O2/c1-24-17-9-6-15(7-10-17)23(16-8-11-21-22(12-16)27-14-26-21)19-13-25-20-5-3-2-4-18(19)20/h2-13,23-25H,14H2,1H3. The van der Waals surface area contributed by atoms with Crippen LogP contribution in [0.4, 0.5) is 5.69 Å². The summed E-state index contributed by atoms with van der Waals surface area (Å²) in [4.78, 5) is 3.41. The second-order valence-electron chi connectivity index (χ2n) is 6.71. The molecule has 0 saturated carbocycles. The number of aromatic amines is 1. The number of nitrogens with one attached hydrogen (secondary N) is 2. The molecule has 0 saturated heterocycles. The molecule has 2 N–H and O–H groups in total. The molecule has 5 rings (SSSR count). The Hall–Kier alpha value is -3.40. The number of fused-ring (bicyclic) bond motifs is 2. The molecule has 0 spiro atoms. The van der Waals surface area contributed by atoms with Gasteiger partial charge in [-0.2, -0.15) is 0 Å². The van der Waals surface area contributed by atoms with Gasteiger partial charge in [-0.15, -0.1) is 0 Å². The van der Waals surface area contributed by atoms with Gasteiger partial charge < -0.3 is 19.8 Å². The van der Waals surface area contributed by atoms with Crippen LogP contribution in [0.3, 0.4) is 0 Å². The molecule has 1 aliphatic rings. The molecule has 4 nitrogen and oxygen atoms in total. The van der Waals surface area contributed by atoms with Crippen LogP contribution in [0.5, 0.6) is 11.5 Å². The van der Waals surface area contributed by atoms with E-state index in [0.29, 0.717) is 0 Å². The van der Waals surface area contributed by atoms with Crippen LogP contribution in [-0.2, 0) is 0 Å². The number of rotatable bonds is 4. The third-order valence-corrected chi connectivity index (χ3v) is 5.19. The monoisotopic (exact) mass is 356 g/mol. The molecule has 0 bridgehead atoms. The summed E-state index contributed by atoms with van der Waals surface area (Å²) in [7, 11) is 1.93. The summed E-state index contributed by atoms with van der Waals surface area (Å²) < 4.78 is 11.1. The van der Waals surface area contributed by atoms with Crippen LogP contribution in [0.2, 0.25) is 0 Å². The van der Waals surface area contributed by atoms with Crippen molar-refractivity contribution in [2.75, 3.05) is 19.2 Å². The summed E-state index contributed by atoms with van der Waals surface area (Å²) >= 11 is 0. The zero-order chi connectivity index (χ0) is 18.2. The second kappa shape index (κ2) is 6.40. The van der Waals surface area contributed by atoms with Crippen LogP contribution in [0.1, 0.15) is 22.6 Å². The van der Waals surface area contributed by atoms with Crippen LogP contribution in [0.15, 0.2) is 72.9 Å². The molecule has 27 heavy (non-hydrogen) atoms. The first kappa shape index (κ1) is 15.8. The minimum atomic E-state index is 0.0987. The zero-order valence-corrected chi connectivity index (χ0v) is 15.0. The van der Waals surface area contributed by atoms with Crippen molar-refractivity contribution in [1.82, 2.24) is 4.98 Å². The first-order valence-electron chi connectivity index (χ1n) is 9.07. The fourth-order valence-corrected chi connectivity index (χ4v) is 3.82. The molecular formula is C23H20N2O2. The topological polar surface area (TPSA) is 46.3 Å². The molecule has 4 aromatic rings. The van der Waals surface area contributed by atoms with Gasteiger partial charge in [0.2, 0.25) is 6.79 Å². The predicted molar refractivity (Wildman–Crippen MR) is 108 cm³/mol. The van der Waals surface area contributed by atoms with Gasteiger partial charge in [0, 0.05) is 35.8 Å². The van der Waals surface area contributed by atoms with E-state index in [-0.39, 0.29) is 12.7 Å². The predicted octanol–water partition coefficient (Wildman–Crippen LogP) is 5.12. The van der Waals surface area contributed by atoms with Crippen LogP contribution in [0.25, 0.3) is 10.9 Å². The molecule has 1 unspecified atom stereocenters. The van der Waals surface area contributed by atoms with Crippen molar-refractivity contribution in [3.8, 4) is 11.5 Å². The van der Waals surface area contributed by atoms with Gasteiger partial charge in [-0.3, -0.25) is 0 Å². The fourth-order valence-electron chi connectivity index (χ4n) is 3.82. The first-order chi connectivity index (χ1) is 13.3. The Balaban J connectivity index is 1.69. The number of H-pyrrole nitrogens is 1.